The van der Waals surface area contributed by atoms with Crippen molar-refractivity contribution in [2.45, 2.75) is 13.3 Å². The first-order chi connectivity index (χ1) is 8.63. The molecule has 1 aromatic carbocycles. The van der Waals surface area contributed by atoms with Gasteiger partial charge in [0.25, 0.3) is 0 Å². The lowest BCUT2D eigenvalue weighted by Crippen LogP contribution is -2.16. The Hall–Kier alpha value is -1.29. The molecule has 1 unspecified atom stereocenters. The highest BCUT2D eigenvalue weighted by molar-refractivity contribution is 7.98. The van der Waals surface area contributed by atoms with Crippen LogP contribution in [-0.4, -0.2) is 27.6 Å². The van der Waals surface area contributed by atoms with E-state index in [0.29, 0.717) is 6.42 Å². The van der Waals surface area contributed by atoms with Gasteiger partial charge in [0.2, 0.25) is 0 Å². The number of carbonyl (C=O) groups excluding carboxylic acids is 1. The first-order valence-electron chi connectivity index (χ1n) is 6.05. The lowest BCUT2D eigenvalue weighted by molar-refractivity contribution is -0.121. The fraction of sp³-hybridized carbons (Fsp3) is 0.429. The molecule has 4 heteroatoms. The maximum Gasteiger partial charge on any atom is 0.142 e. The number of Topliss-reactive ketones (excluding diaryl/α,β-unsaturated/α-hetero) is 1. The van der Waals surface area contributed by atoms with Crippen LogP contribution < -0.4 is 0 Å². The number of ketones is 1. The predicted molar refractivity (Wildman–Crippen MR) is 77.0 cm³/mol. The molecular formula is C14H18N2OS. The van der Waals surface area contributed by atoms with Crippen molar-refractivity contribution < 1.29 is 4.79 Å². The minimum Gasteiger partial charge on any atom is -0.299 e. The van der Waals surface area contributed by atoms with Crippen LogP contribution in [0.25, 0.3) is 10.9 Å². The lowest BCUT2D eigenvalue weighted by Gasteiger charge is -2.07. The molecule has 0 saturated heterocycles. The van der Waals surface area contributed by atoms with E-state index in [4.69, 9.17) is 0 Å². The first-order valence-corrected chi connectivity index (χ1v) is 7.45. The summed E-state index contributed by atoms with van der Waals surface area (Å²) in [5.74, 6) is 1.25. The summed E-state index contributed by atoms with van der Waals surface area (Å²) in [4.78, 5) is 12.1. The summed E-state index contributed by atoms with van der Waals surface area (Å²) >= 11 is 1.71. The quantitative estimate of drug-likeness (QED) is 0.831. The van der Waals surface area contributed by atoms with Gasteiger partial charge >= 0.3 is 0 Å². The number of aryl methyl sites for hydroxylation is 1. The molecule has 0 saturated carbocycles. The molecular weight excluding hydrogens is 244 g/mol. The second-order valence-corrected chi connectivity index (χ2v) is 5.50. The Labute approximate surface area is 112 Å². The lowest BCUT2D eigenvalue weighted by atomic mass is 10.0. The zero-order chi connectivity index (χ0) is 13.1. The predicted octanol–water partition coefficient (Wildman–Crippen LogP) is 2.68. The van der Waals surface area contributed by atoms with Crippen LogP contribution in [0.2, 0.25) is 0 Å². The molecule has 2 aromatic rings. The maximum absolute atomic E-state index is 12.1. The van der Waals surface area contributed by atoms with Gasteiger partial charge in [0.05, 0.1) is 17.6 Å². The fourth-order valence-electron chi connectivity index (χ4n) is 2.10. The summed E-state index contributed by atoms with van der Waals surface area (Å²) in [7, 11) is 1.92. The van der Waals surface area contributed by atoms with Crippen LogP contribution in [0, 0.1) is 5.92 Å². The Morgan fingerprint density at radius 3 is 2.89 bits per heavy atom. The average Bonchev–Trinajstić information content (AvgIpc) is 2.67. The molecule has 0 aliphatic heterocycles. The van der Waals surface area contributed by atoms with Crippen molar-refractivity contribution in [3.05, 3.63) is 30.0 Å². The number of thioether (sulfide) groups is 1. The van der Waals surface area contributed by atoms with Crippen LogP contribution in [0.3, 0.4) is 0 Å². The second-order valence-electron chi connectivity index (χ2n) is 4.59. The summed E-state index contributed by atoms with van der Waals surface area (Å²) in [6.45, 7) is 1.99. The highest BCUT2D eigenvalue weighted by atomic mass is 32.2. The topological polar surface area (TPSA) is 34.9 Å². The van der Waals surface area contributed by atoms with Gasteiger partial charge in [0.1, 0.15) is 5.78 Å². The third kappa shape index (κ3) is 2.58. The summed E-state index contributed by atoms with van der Waals surface area (Å²) in [5.41, 5.74) is 1.98. The van der Waals surface area contributed by atoms with Crippen LogP contribution >= 0.6 is 11.8 Å². The molecule has 18 heavy (non-hydrogen) atoms. The number of nitrogens with zero attached hydrogens (tertiary/aromatic N) is 2. The monoisotopic (exact) mass is 262 g/mol. The van der Waals surface area contributed by atoms with Crippen molar-refractivity contribution >= 4 is 28.4 Å². The Kier molecular flexibility index (Phi) is 4.07. The van der Waals surface area contributed by atoms with E-state index in [9.17, 15) is 4.79 Å². The fourth-order valence-corrected chi connectivity index (χ4v) is 2.79. The van der Waals surface area contributed by atoms with E-state index in [2.05, 4.69) is 5.10 Å². The van der Waals surface area contributed by atoms with Gasteiger partial charge in [-0.1, -0.05) is 25.1 Å². The van der Waals surface area contributed by atoms with E-state index in [0.717, 1.165) is 22.3 Å². The van der Waals surface area contributed by atoms with E-state index in [1.165, 1.54) is 0 Å². The average molecular weight is 262 g/mol. The Balaban J connectivity index is 2.24. The van der Waals surface area contributed by atoms with Crippen molar-refractivity contribution in [3.63, 3.8) is 0 Å². The van der Waals surface area contributed by atoms with Gasteiger partial charge in [-0.15, -0.1) is 0 Å². The van der Waals surface area contributed by atoms with E-state index < -0.39 is 0 Å². The Bertz CT molecular complexity index is 562. The third-order valence-electron chi connectivity index (χ3n) is 3.14. The number of carbonyl (C=O) groups is 1. The van der Waals surface area contributed by atoms with Crippen LogP contribution in [0.4, 0.5) is 0 Å². The van der Waals surface area contributed by atoms with Crippen LogP contribution in [0.15, 0.2) is 24.3 Å². The number of benzene rings is 1. The molecule has 0 spiro atoms. The summed E-state index contributed by atoms with van der Waals surface area (Å²) in [6.07, 6.45) is 2.46. The summed E-state index contributed by atoms with van der Waals surface area (Å²) in [5, 5.41) is 5.55. The molecule has 0 radical (unpaired) electrons. The number of para-hydroxylation sites is 1. The van der Waals surface area contributed by atoms with E-state index in [1.807, 2.05) is 49.2 Å². The molecule has 1 aromatic heterocycles. The van der Waals surface area contributed by atoms with Crippen molar-refractivity contribution in [1.29, 1.82) is 0 Å². The number of hydrogen-bond acceptors (Lipinski definition) is 3. The van der Waals surface area contributed by atoms with Crippen LogP contribution in [-0.2, 0) is 18.3 Å². The highest BCUT2D eigenvalue weighted by Crippen LogP contribution is 2.19. The molecule has 1 heterocycles. The van der Waals surface area contributed by atoms with Crippen molar-refractivity contribution in [2.75, 3.05) is 12.0 Å². The van der Waals surface area contributed by atoms with Gasteiger partial charge in [-0.25, -0.2) is 0 Å². The molecule has 0 aliphatic rings. The Morgan fingerprint density at radius 2 is 2.17 bits per heavy atom. The minimum absolute atomic E-state index is 0.0979. The summed E-state index contributed by atoms with van der Waals surface area (Å²) < 4.78 is 1.84. The molecule has 0 N–H and O–H groups in total. The smallest absolute Gasteiger partial charge is 0.142 e. The standard InChI is InChI=1S/C14H18N2OS/c1-10(9-18-3)14(17)8-12-11-6-4-5-7-13(11)16(2)15-12/h4-7,10H,8-9H2,1-3H3. The minimum atomic E-state index is 0.0979. The molecule has 96 valence electrons. The van der Waals surface area contributed by atoms with E-state index in [-0.39, 0.29) is 11.7 Å². The number of fused-ring (bicyclic) bond motifs is 1. The van der Waals surface area contributed by atoms with Gasteiger partial charge in [-0.05, 0) is 12.3 Å². The van der Waals surface area contributed by atoms with E-state index in [1.54, 1.807) is 11.8 Å². The Morgan fingerprint density at radius 1 is 1.44 bits per heavy atom. The number of hydrogen-bond donors (Lipinski definition) is 0. The van der Waals surface area contributed by atoms with Crippen molar-refractivity contribution in [2.24, 2.45) is 13.0 Å². The van der Waals surface area contributed by atoms with Crippen LogP contribution in [0.5, 0.6) is 0 Å². The molecule has 0 amide bonds. The van der Waals surface area contributed by atoms with Gasteiger partial charge in [-0.3, -0.25) is 9.48 Å². The largest absolute Gasteiger partial charge is 0.299 e. The molecule has 0 bridgehead atoms. The first kappa shape index (κ1) is 13.1. The molecule has 3 nitrogen and oxygen atoms in total. The van der Waals surface area contributed by atoms with Gasteiger partial charge < -0.3 is 0 Å². The van der Waals surface area contributed by atoms with Gasteiger partial charge in [-0.2, -0.15) is 16.9 Å². The van der Waals surface area contributed by atoms with E-state index >= 15 is 0 Å². The molecule has 2 rings (SSSR count). The van der Waals surface area contributed by atoms with Crippen molar-refractivity contribution in [3.8, 4) is 0 Å². The zero-order valence-electron chi connectivity index (χ0n) is 11.0. The van der Waals surface area contributed by atoms with Gasteiger partial charge in [0, 0.05) is 24.1 Å². The van der Waals surface area contributed by atoms with Crippen molar-refractivity contribution in [1.82, 2.24) is 9.78 Å². The van der Waals surface area contributed by atoms with Crippen LogP contribution in [0.1, 0.15) is 12.6 Å². The number of aromatic nitrogens is 2. The normalized spacial score (nSPS) is 12.8. The molecule has 0 aliphatic carbocycles. The molecule has 1 atom stereocenters. The second kappa shape index (κ2) is 5.57. The molecule has 0 fully saturated rings. The number of rotatable bonds is 5. The summed E-state index contributed by atoms with van der Waals surface area (Å²) in [6, 6.07) is 8.04. The zero-order valence-corrected chi connectivity index (χ0v) is 11.8. The highest BCUT2D eigenvalue weighted by Gasteiger charge is 2.16. The SMILES string of the molecule is CSCC(C)C(=O)Cc1nn(C)c2ccccc12. The maximum atomic E-state index is 12.1. The third-order valence-corrected chi connectivity index (χ3v) is 3.98. The van der Waals surface area contributed by atoms with Gasteiger partial charge in [0.15, 0.2) is 0 Å².